The number of carbonyl (C=O) groups is 1. The minimum atomic E-state index is 0.0412. The predicted molar refractivity (Wildman–Crippen MR) is 93.8 cm³/mol. The molecule has 122 valence electrons. The molecule has 2 rings (SSSR count). The highest BCUT2D eigenvalue weighted by Crippen LogP contribution is 2.17. The summed E-state index contributed by atoms with van der Waals surface area (Å²) in [5, 5.41) is 0. The molecule has 0 aliphatic carbocycles. The number of carbonyl (C=O) groups excluding carboxylic acids is 1. The van der Waals surface area contributed by atoms with E-state index in [2.05, 4.69) is 26.0 Å². The van der Waals surface area contributed by atoms with E-state index in [0.29, 0.717) is 12.2 Å². The zero-order valence-corrected chi connectivity index (χ0v) is 14.2. The third-order valence-corrected chi connectivity index (χ3v) is 3.76. The Kier molecular flexibility index (Phi) is 6.21. The van der Waals surface area contributed by atoms with Crippen LogP contribution in [-0.2, 0) is 6.61 Å². The van der Waals surface area contributed by atoms with Gasteiger partial charge in [-0.15, -0.1) is 0 Å². The molecule has 3 nitrogen and oxygen atoms in total. The monoisotopic (exact) mass is 311 g/mol. The zero-order valence-electron chi connectivity index (χ0n) is 14.2. The quantitative estimate of drug-likeness (QED) is 0.756. The van der Waals surface area contributed by atoms with Gasteiger partial charge in [0.25, 0.3) is 5.91 Å². The molecule has 2 aromatic carbocycles. The number of amides is 1. The molecule has 0 fully saturated rings. The minimum Gasteiger partial charge on any atom is -0.489 e. The Bertz CT molecular complexity index is 652. The van der Waals surface area contributed by atoms with E-state index in [9.17, 15) is 4.79 Å². The molecule has 0 aromatic heterocycles. The van der Waals surface area contributed by atoms with Crippen LogP contribution < -0.4 is 4.74 Å². The van der Waals surface area contributed by atoms with Crippen LogP contribution in [0.3, 0.4) is 0 Å². The molecule has 2 aromatic rings. The smallest absolute Gasteiger partial charge is 0.253 e. The van der Waals surface area contributed by atoms with E-state index in [0.717, 1.165) is 30.7 Å². The van der Waals surface area contributed by atoms with E-state index in [1.165, 1.54) is 5.56 Å². The molecule has 23 heavy (non-hydrogen) atoms. The minimum absolute atomic E-state index is 0.0412. The Morgan fingerprint density at radius 1 is 1.13 bits per heavy atom. The average molecular weight is 311 g/mol. The lowest BCUT2D eigenvalue weighted by Gasteiger charge is -2.17. The Balaban J connectivity index is 2.00. The van der Waals surface area contributed by atoms with Crippen molar-refractivity contribution in [1.82, 2.24) is 4.90 Å². The van der Waals surface area contributed by atoms with Crippen LogP contribution in [0.25, 0.3) is 0 Å². The first-order chi connectivity index (χ1) is 11.1. The van der Waals surface area contributed by atoms with Crippen LogP contribution in [0.2, 0.25) is 0 Å². The fourth-order valence-electron chi connectivity index (χ4n) is 2.40. The largest absolute Gasteiger partial charge is 0.489 e. The zero-order chi connectivity index (χ0) is 16.7. The number of benzene rings is 2. The molecule has 0 spiro atoms. The Morgan fingerprint density at radius 2 is 1.91 bits per heavy atom. The number of ether oxygens (including phenoxy) is 1. The number of hydrogen-bond acceptors (Lipinski definition) is 2. The third-order valence-electron chi connectivity index (χ3n) is 3.76. The van der Waals surface area contributed by atoms with Crippen molar-refractivity contribution in [3.63, 3.8) is 0 Å². The van der Waals surface area contributed by atoms with Gasteiger partial charge in [-0.25, -0.2) is 0 Å². The fourth-order valence-corrected chi connectivity index (χ4v) is 2.40. The Labute approximate surface area is 138 Å². The van der Waals surface area contributed by atoms with Gasteiger partial charge >= 0.3 is 0 Å². The van der Waals surface area contributed by atoms with Crippen molar-refractivity contribution >= 4 is 5.91 Å². The van der Waals surface area contributed by atoms with Crippen LogP contribution in [0, 0.1) is 6.92 Å². The van der Waals surface area contributed by atoms with Crippen LogP contribution in [0.15, 0.2) is 48.5 Å². The molecule has 0 heterocycles. The summed E-state index contributed by atoms with van der Waals surface area (Å²) in [4.78, 5) is 14.2. The molecule has 0 unspecified atom stereocenters. The molecular weight excluding hydrogens is 286 g/mol. The van der Waals surface area contributed by atoms with Gasteiger partial charge < -0.3 is 9.64 Å². The molecule has 1 amide bonds. The van der Waals surface area contributed by atoms with E-state index < -0.39 is 0 Å². The first-order valence-corrected chi connectivity index (χ1v) is 8.14. The number of aryl methyl sites for hydroxylation is 1. The summed E-state index contributed by atoms with van der Waals surface area (Å²) >= 11 is 0. The van der Waals surface area contributed by atoms with Crippen molar-refractivity contribution in [2.75, 3.05) is 13.6 Å². The standard InChI is InChI=1S/C20H25NO2/c1-4-5-12-21(3)20(22)18-10-7-11-19(14-18)23-15-17-9-6-8-16(2)13-17/h6-11,13-14H,4-5,12,15H2,1-3H3. The number of hydrogen-bond donors (Lipinski definition) is 0. The van der Waals surface area contributed by atoms with Gasteiger partial charge in [-0.05, 0) is 37.1 Å². The van der Waals surface area contributed by atoms with Crippen LogP contribution in [0.5, 0.6) is 5.75 Å². The van der Waals surface area contributed by atoms with Crippen LogP contribution in [-0.4, -0.2) is 24.4 Å². The first kappa shape index (κ1) is 17.1. The maximum absolute atomic E-state index is 12.4. The first-order valence-electron chi connectivity index (χ1n) is 8.14. The van der Waals surface area contributed by atoms with Gasteiger partial charge in [-0.1, -0.05) is 49.2 Å². The second kappa shape index (κ2) is 8.37. The average Bonchev–Trinajstić information content (AvgIpc) is 2.57. The second-order valence-electron chi connectivity index (χ2n) is 5.89. The maximum Gasteiger partial charge on any atom is 0.253 e. The van der Waals surface area contributed by atoms with E-state index in [-0.39, 0.29) is 5.91 Å². The molecule has 3 heteroatoms. The molecule has 0 atom stereocenters. The van der Waals surface area contributed by atoms with Crippen molar-refractivity contribution in [2.45, 2.75) is 33.3 Å². The lowest BCUT2D eigenvalue weighted by molar-refractivity contribution is 0.0793. The number of rotatable bonds is 7. The van der Waals surface area contributed by atoms with Crippen molar-refractivity contribution in [1.29, 1.82) is 0 Å². The fraction of sp³-hybridized carbons (Fsp3) is 0.350. The van der Waals surface area contributed by atoms with Gasteiger partial charge in [-0.3, -0.25) is 4.79 Å². The van der Waals surface area contributed by atoms with E-state index in [1.807, 2.05) is 43.4 Å². The summed E-state index contributed by atoms with van der Waals surface area (Å²) in [7, 11) is 1.85. The van der Waals surface area contributed by atoms with E-state index >= 15 is 0 Å². The number of nitrogens with zero attached hydrogens (tertiary/aromatic N) is 1. The molecule has 0 radical (unpaired) electrons. The second-order valence-corrected chi connectivity index (χ2v) is 5.89. The summed E-state index contributed by atoms with van der Waals surface area (Å²) in [6.07, 6.45) is 2.10. The molecule has 0 bridgehead atoms. The van der Waals surface area contributed by atoms with Crippen molar-refractivity contribution in [2.24, 2.45) is 0 Å². The van der Waals surface area contributed by atoms with Gasteiger partial charge in [-0.2, -0.15) is 0 Å². The molecular formula is C20H25NO2. The normalized spacial score (nSPS) is 10.4. The van der Waals surface area contributed by atoms with Gasteiger partial charge in [0, 0.05) is 19.2 Å². The predicted octanol–water partition coefficient (Wildman–Crippen LogP) is 4.45. The van der Waals surface area contributed by atoms with Crippen molar-refractivity contribution in [3.8, 4) is 5.75 Å². The summed E-state index contributed by atoms with van der Waals surface area (Å²) < 4.78 is 5.83. The van der Waals surface area contributed by atoms with E-state index in [4.69, 9.17) is 4.74 Å². The highest BCUT2D eigenvalue weighted by Gasteiger charge is 2.11. The molecule has 0 aliphatic rings. The summed E-state index contributed by atoms with van der Waals surface area (Å²) in [6, 6.07) is 15.6. The lowest BCUT2D eigenvalue weighted by atomic mass is 10.1. The highest BCUT2D eigenvalue weighted by atomic mass is 16.5. The van der Waals surface area contributed by atoms with Crippen LogP contribution >= 0.6 is 0 Å². The Hall–Kier alpha value is -2.29. The lowest BCUT2D eigenvalue weighted by Crippen LogP contribution is -2.27. The summed E-state index contributed by atoms with van der Waals surface area (Å²) in [6.45, 7) is 5.47. The molecule has 0 N–H and O–H groups in total. The summed E-state index contributed by atoms with van der Waals surface area (Å²) in [5.41, 5.74) is 3.01. The topological polar surface area (TPSA) is 29.5 Å². The van der Waals surface area contributed by atoms with Crippen molar-refractivity contribution < 1.29 is 9.53 Å². The molecule has 0 saturated carbocycles. The molecule has 0 saturated heterocycles. The SMILES string of the molecule is CCCCN(C)C(=O)c1cccc(OCc2cccc(C)c2)c1. The number of unbranched alkanes of at least 4 members (excludes halogenated alkanes) is 1. The van der Waals surface area contributed by atoms with Crippen molar-refractivity contribution in [3.05, 3.63) is 65.2 Å². The van der Waals surface area contributed by atoms with Crippen LogP contribution in [0.4, 0.5) is 0 Å². The van der Waals surface area contributed by atoms with E-state index in [1.54, 1.807) is 4.90 Å². The maximum atomic E-state index is 12.4. The Morgan fingerprint density at radius 3 is 2.65 bits per heavy atom. The van der Waals surface area contributed by atoms with Gasteiger partial charge in [0.2, 0.25) is 0 Å². The van der Waals surface area contributed by atoms with Gasteiger partial charge in [0.15, 0.2) is 0 Å². The van der Waals surface area contributed by atoms with Gasteiger partial charge in [0.1, 0.15) is 12.4 Å². The summed E-state index contributed by atoms with van der Waals surface area (Å²) in [5.74, 6) is 0.765. The third kappa shape index (κ3) is 5.13. The molecule has 0 aliphatic heterocycles. The van der Waals surface area contributed by atoms with Gasteiger partial charge in [0.05, 0.1) is 0 Å². The van der Waals surface area contributed by atoms with Crippen LogP contribution in [0.1, 0.15) is 41.3 Å². The highest BCUT2D eigenvalue weighted by molar-refractivity contribution is 5.94.